The Labute approximate surface area is 82.5 Å². The Morgan fingerprint density at radius 2 is 1.92 bits per heavy atom. The summed E-state index contributed by atoms with van der Waals surface area (Å²) >= 11 is 0. The standard InChI is InChI=1S/C12H24O/c1-3-10(2)8-12(13)9-11-6-4-5-7-11/h10-13H,3-9H2,1-2H3. The second kappa shape index (κ2) is 5.64. The first kappa shape index (κ1) is 11.0. The summed E-state index contributed by atoms with van der Waals surface area (Å²) in [7, 11) is 0. The van der Waals surface area contributed by atoms with Gasteiger partial charge in [0.25, 0.3) is 0 Å². The molecule has 1 nitrogen and oxygen atoms in total. The fourth-order valence-electron chi connectivity index (χ4n) is 2.36. The van der Waals surface area contributed by atoms with Crippen LogP contribution in [-0.2, 0) is 0 Å². The first-order chi connectivity index (χ1) is 6.22. The molecule has 0 spiro atoms. The molecule has 0 bridgehead atoms. The van der Waals surface area contributed by atoms with Crippen molar-refractivity contribution < 1.29 is 5.11 Å². The minimum atomic E-state index is -0.0296. The van der Waals surface area contributed by atoms with Crippen LogP contribution in [0.5, 0.6) is 0 Å². The average Bonchev–Trinajstić information content (AvgIpc) is 2.56. The van der Waals surface area contributed by atoms with Crippen molar-refractivity contribution in [1.29, 1.82) is 0 Å². The van der Waals surface area contributed by atoms with Crippen LogP contribution in [0.2, 0.25) is 0 Å². The van der Waals surface area contributed by atoms with Crippen molar-refractivity contribution in [3.63, 3.8) is 0 Å². The molecule has 0 aliphatic heterocycles. The van der Waals surface area contributed by atoms with Crippen LogP contribution in [0.4, 0.5) is 0 Å². The lowest BCUT2D eigenvalue weighted by Crippen LogP contribution is -2.15. The molecule has 0 aromatic carbocycles. The van der Waals surface area contributed by atoms with E-state index in [0.29, 0.717) is 5.92 Å². The van der Waals surface area contributed by atoms with E-state index in [1.165, 1.54) is 32.1 Å². The molecular weight excluding hydrogens is 160 g/mol. The zero-order valence-electron chi connectivity index (χ0n) is 9.13. The van der Waals surface area contributed by atoms with E-state index >= 15 is 0 Å². The molecule has 0 heterocycles. The van der Waals surface area contributed by atoms with Crippen LogP contribution < -0.4 is 0 Å². The van der Waals surface area contributed by atoms with Crippen molar-refractivity contribution in [1.82, 2.24) is 0 Å². The summed E-state index contributed by atoms with van der Waals surface area (Å²) < 4.78 is 0. The maximum absolute atomic E-state index is 9.81. The predicted octanol–water partition coefficient (Wildman–Crippen LogP) is 3.36. The number of rotatable bonds is 5. The second-order valence-electron chi connectivity index (χ2n) is 4.79. The lowest BCUT2D eigenvalue weighted by molar-refractivity contribution is 0.116. The third-order valence-electron chi connectivity index (χ3n) is 3.45. The van der Waals surface area contributed by atoms with E-state index in [4.69, 9.17) is 0 Å². The third kappa shape index (κ3) is 4.12. The van der Waals surface area contributed by atoms with Gasteiger partial charge >= 0.3 is 0 Å². The van der Waals surface area contributed by atoms with Gasteiger partial charge in [0.1, 0.15) is 0 Å². The zero-order valence-corrected chi connectivity index (χ0v) is 9.13. The zero-order chi connectivity index (χ0) is 9.68. The SMILES string of the molecule is CCC(C)CC(O)CC1CCCC1. The second-order valence-corrected chi connectivity index (χ2v) is 4.79. The molecule has 1 N–H and O–H groups in total. The van der Waals surface area contributed by atoms with E-state index in [2.05, 4.69) is 13.8 Å². The van der Waals surface area contributed by atoms with Gasteiger partial charge < -0.3 is 5.11 Å². The smallest absolute Gasteiger partial charge is 0.0545 e. The molecule has 0 radical (unpaired) electrons. The van der Waals surface area contributed by atoms with E-state index < -0.39 is 0 Å². The quantitative estimate of drug-likeness (QED) is 0.694. The lowest BCUT2D eigenvalue weighted by atomic mass is 9.93. The Morgan fingerprint density at radius 1 is 1.31 bits per heavy atom. The van der Waals surface area contributed by atoms with Crippen molar-refractivity contribution in [3.8, 4) is 0 Å². The van der Waals surface area contributed by atoms with Crippen LogP contribution in [0, 0.1) is 11.8 Å². The highest BCUT2D eigenvalue weighted by atomic mass is 16.3. The molecule has 2 atom stereocenters. The fraction of sp³-hybridized carbons (Fsp3) is 1.00. The Morgan fingerprint density at radius 3 is 2.46 bits per heavy atom. The van der Waals surface area contributed by atoms with Crippen LogP contribution in [0.1, 0.15) is 58.8 Å². The van der Waals surface area contributed by atoms with Gasteiger partial charge in [0.15, 0.2) is 0 Å². The topological polar surface area (TPSA) is 20.2 Å². The highest BCUT2D eigenvalue weighted by Gasteiger charge is 2.19. The Kier molecular flexibility index (Phi) is 4.79. The summed E-state index contributed by atoms with van der Waals surface area (Å²) in [6.45, 7) is 4.44. The first-order valence-electron chi connectivity index (χ1n) is 5.90. The molecule has 1 rings (SSSR count). The largest absolute Gasteiger partial charge is 0.393 e. The highest BCUT2D eigenvalue weighted by Crippen LogP contribution is 2.29. The van der Waals surface area contributed by atoms with E-state index in [9.17, 15) is 5.11 Å². The molecule has 0 aromatic rings. The molecule has 1 aliphatic carbocycles. The van der Waals surface area contributed by atoms with Crippen molar-refractivity contribution in [2.45, 2.75) is 64.9 Å². The third-order valence-corrected chi connectivity index (χ3v) is 3.45. The normalized spacial score (nSPS) is 23.3. The van der Waals surface area contributed by atoms with Gasteiger partial charge in [0.2, 0.25) is 0 Å². The van der Waals surface area contributed by atoms with E-state index in [1.807, 2.05) is 0 Å². The maximum atomic E-state index is 9.81. The number of hydrogen-bond donors (Lipinski definition) is 1. The number of aliphatic hydroxyl groups excluding tert-OH is 1. The summed E-state index contributed by atoms with van der Waals surface area (Å²) in [4.78, 5) is 0. The van der Waals surface area contributed by atoms with Crippen LogP contribution in [0.15, 0.2) is 0 Å². The summed E-state index contributed by atoms with van der Waals surface area (Å²) in [5.41, 5.74) is 0. The Bertz CT molecular complexity index is 127. The lowest BCUT2D eigenvalue weighted by Gasteiger charge is -2.18. The molecule has 1 fully saturated rings. The van der Waals surface area contributed by atoms with Crippen LogP contribution in [0.3, 0.4) is 0 Å². The fourth-order valence-corrected chi connectivity index (χ4v) is 2.36. The molecule has 0 saturated heterocycles. The summed E-state index contributed by atoms with van der Waals surface area (Å²) in [5, 5.41) is 9.81. The Balaban J connectivity index is 2.12. The first-order valence-corrected chi connectivity index (χ1v) is 5.90. The maximum Gasteiger partial charge on any atom is 0.0545 e. The molecule has 1 heteroatoms. The van der Waals surface area contributed by atoms with E-state index in [0.717, 1.165) is 18.8 Å². The number of hydrogen-bond acceptors (Lipinski definition) is 1. The molecule has 1 aliphatic rings. The van der Waals surface area contributed by atoms with Gasteiger partial charge in [0, 0.05) is 0 Å². The van der Waals surface area contributed by atoms with Crippen LogP contribution >= 0.6 is 0 Å². The van der Waals surface area contributed by atoms with Gasteiger partial charge in [-0.25, -0.2) is 0 Å². The van der Waals surface area contributed by atoms with Crippen molar-refractivity contribution in [2.24, 2.45) is 11.8 Å². The van der Waals surface area contributed by atoms with E-state index in [1.54, 1.807) is 0 Å². The number of aliphatic hydroxyl groups is 1. The highest BCUT2D eigenvalue weighted by molar-refractivity contribution is 4.72. The summed E-state index contributed by atoms with van der Waals surface area (Å²) in [5.74, 6) is 1.52. The molecule has 78 valence electrons. The molecule has 1 saturated carbocycles. The van der Waals surface area contributed by atoms with Gasteiger partial charge in [-0.15, -0.1) is 0 Å². The van der Waals surface area contributed by atoms with Gasteiger partial charge in [0.05, 0.1) is 6.10 Å². The molecular formula is C12H24O. The Hall–Kier alpha value is -0.0400. The molecule has 2 unspecified atom stereocenters. The minimum Gasteiger partial charge on any atom is -0.393 e. The molecule has 0 amide bonds. The predicted molar refractivity (Wildman–Crippen MR) is 56.7 cm³/mol. The minimum absolute atomic E-state index is 0.0296. The van der Waals surface area contributed by atoms with Crippen LogP contribution in [-0.4, -0.2) is 11.2 Å². The monoisotopic (exact) mass is 184 g/mol. The van der Waals surface area contributed by atoms with Crippen LogP contribution in [0.25, 0.3) is 0 Å². The van der Waals surface area contributed by atoms with Crippen molar-refractivity contribution in [3.05, 3.63) is 0 Å². The summed E-state index contributed by atoms with van der Waals surface area (Å²) in [6, 6.07) is 0. The van der Waals surface area contributed by atoms with Crippen molar-refractivity contribution >= 4 is 0 Å². The van der Waals surface area contributed by atoms with E-state index in [-0.39, 0.29) is 6.10 Å². The van der Waals surface area contributed by atoms with Gasteiger partial charge in [-0.1, -0.05) is 46.0 Å². The van der Waals surface area contributed by atoms with Gasteiger partial charge in [-0.2, -0.15) is 0 Å². The van der Waals surface area contributed by atoms with Gasteiger partial charge in [-0.05, 0) is 24.7 Å². The summed E-state index contributed by atoms with van der Waals surface area (Å²) in [6.07, 6.45) is 8.73. The van der Waals surface area contributed by atoms with Gasteiger partial charge in [-0.3, -0.25) is 0 Å². The average molecular weight is 184 g/mol. The van der Waals surface area contributed by atoms with Crippen molar-refractivity contribution in [2.75, 3.05) is 0 Å². The molecule has 13 heavy (non-hydrogen) atoms. The molecule has 0 aromatic heterocycles.